The molecule has 0 amide bonds. The molecule has 162 valence electrons. The molecular formula is C21H26Cl4O4. The third-order valence-electron chi connectivity index (χ3n) is 7.81. The van der Waals surface area contributed by atoms with Crippen molar-refractivity contribution < 1.29 is 19.1 Å². The first-order chi connectivity index (χ1) is 13.6. The van der Waals surface area contributed by atoms with E-state index in [0.717, 1.165) is 44.9 Å². The number of carbonyl (C=O) groups is 2. The standard InChI is InChI=1S/C21H26Cl4O4/c1-20-9-8-14-13-5-3-12(26)10-11(13)2-4-15(14)16(20)6-7-17(20)28-19(27)29-18(22)21(23,24)25/h14-18H,2-10H2,1H3/t14?,15?,16?,17-,18?,20+/m0/s1. The third kappa shape index (κ3) is 4.16. The molecule has 0 N–H and O–H groups in total. The second-order valence-corrected chi connectivity index (χ2v) is 12.0. The predicted molar refractivity (Wildman–Crippen MR) is 113 cm³/mol. The summed E-state index contributed by atoms with van der Waals surface area (Å²) in [5.74, 6) is 2.09. The first kappa shape index (κ1) is 22.0. The maximum atomic E-state index is 12.2. The second-order valence-electron chi connectivity index (χ2n) is 9.21. The summed E-state index contributed by atoms with van der Waals surface area (Å²) in [6.45, 7) is 2.24. The Morgan fingerprint density at radius 2 is 1.90 bits per heavy atom. The number of halogens is 4. The van der Waals surface area contributed by atoms with Crippen LogP contribution in [0.1, 0.15) is 64.7 Å². The highest BCUT2D eigenvalue weighted by molar-refractivity contribution is 6.70. The number of ketones is 1. The van der Waals surface area contributed by atoms with Gasteiger partial charge in [0.25, 0.3) is 0 Å². The number of hydrogen-bond acceptors (Lipinski definition) is 4. The summed E-state index contributed by atoms with van der Waals surface area (Å²) in [6.07, 6.45) is 7.31. The van der Waals surface area contributed by atoms with Crippen LogP contribution in [0.25, 0.3) is 0 Å². The van der Waals surface area contributed by atoms with Gasteiger partial charge in [-0.2, -0.15) is 0 Å². The maximum absolute atomic E-state index is 12.2. The van der Waals surface area contributed by atoms with Gasteiger partial charge in [-0.15, -0.1) is 0 Å². The molecule has 8 heteroatoms. The predicted octanol–water partition coefficient (Wildman–Crippen LogP) is 6.73. The van der Waals surface area contributed by atoms with Crippen LogP contribution in [0, 0.1) is 23.2 Å². The molecule has 6 atom stereocenters. The number of allylic oxidation sites excluding steroid dienone is 2. The largest absolute Gasteiger partial charge is 0.510 e. The number of carbonyl (C=O) groups excluding carboxylic acids is 2. The summed E-state index contributed by atoms with van der Waals surface area (Å²) in [6, 6.07) is 0. The van der Waals surface area contributed by atoms with Crippen molar-refractivity contribution in [2.45, 2.75) is 80.2 Å². The molecule has 0 aromatic carbocycles. The monoisotopic (exact) mass is 482 g/mol. The highest BCUT2D eigenvalue weighted by Gasteiger charge is 2.57. The molecule has 0 spiro atoms. The van der Waals surface area contributed by atoms with Crippen LogP contribution in [0.3, 0.4) is 0 Å². The van der Waals surface area contributed by atoms with E-state index >= 15 is 0 Å². The van der Waals surface area contributed by atoms with E-state index in [2.05, 4.69) is 6.92 Å². The lowest BCUT2D eigenvalue weighted by atomic mass is 9.54. The summed E-state index contributed by atoms with van der Waals surface area (Å²) < 4.78 is 8.72. The number of alkyl halides is 4. The molecule has 0 saturated heterocycles. The van der Waals surface area contributed by atoms with Crippen molar-refractivity contribution in [1.82, 2.24) is 0 Å². The van der Waals surface area contributed by atoms with Gasteiger partial charge >= 0.3 is 6.16 Å². The lowest BCUT2D eigenvalue weighted by Crippen LogP contribution is -2.46. The zero-order valence-corrected chi connectivity index (χ0v) is 19.4. The zero-order chi connectivity index (χ0) is 21.0. The van der Waals surface area contributed by atoms with Crippen LogP contribution in [0.2, 0.25) is 0 Å². The van der Waals surface area contributed by atoms with Crippen molar-refractivity contribution in [3.05, 3.63) is 11.1 Å². The Bertz CT molecular complexity index is 731. The Morgan fingerprint density at radius 1 is 1.14 bits per heavy atom. The summed E-state index contributed by atoms with van der Waals surface area (Å²) in [5.41, 5.74) is 1.50. The topological polar surface area (TPSA) is 52.6 Å². The van der Waals surface area contributed by atoms with Gasteiger partial charge in [0.05, 0.1) is 0 Å². The van der Waals surface area contributed by atoms with E-state index in [0.29, 0.717) is 36.4 Å². The Labute approximate surface area is 191 Å². The van der Waals surface area contributed by atoms with Crippen LogP contribution in [0.4, 0.5) is 4.79 Å². The fourth-order valence-electron chi connectivity index (χ4n) is 6.49. The van der Waals surface area contributed by atoms with Gasteiger partial charge in [0.1, 0.15) is 11.9 Å². The molecule has 4 aliphatic rings. The molecular weight excluding hydrogens is 458 g/mol. The normalized spacial score (nSPS) is 38.0. The van der Waals surface area contributed by atoms with Crippen molar-refractivity contribution in [3.63, 3.8) is 0 Å². The molecule has 2 saturated carbocycles. The zero-order valence-electron chi connectivity index (χ0n) is 16.4. The lowest BCUT2D eigenvalue weighted by molar-refractivity contribution is -0.119. The highest BCUT2D eigenvalue weighted by atomic mass is 35.6. The van der Waals surface area contributed by atoms with Gasteiger partial charge in [-0.1, -0.05) is 64.5 Å². The molecule has 4 unspecified atom stereocenters. The van der Waals surface area contributed by atoms with E-state index in [4.69, 9.17) is 55.9 Å². The molecule has 29 heavy (non-hydrogen) atoms. The fourth-order valence-corrected chi connectivity index (χ4v) is 6.70. The van der Waals surface area contributed by atoms with Crippen molar-refractivity contribution in [3.8, 4) is 0 Å². The Balaban J connectivity index is 1.45. The van der Waals surface area contributed by atoms with E-state index in [1.807, 2.05) is 0 Å². The molecule has 0 aromatic heterocycles. The number of Topliss-reactive ketones (excluding diaryl/α,β-unsaturated/α-hetero) is 1. The van der Waals surface area contributed by atoms with Gasteiger partial charge in [-0.3, -0.25) is 4.79 Å². The molecule has 0 aliphatic heterocycles. The second kappa shape index (κ2) is 8.07. The quantitative estimate of drug-likeness (QED) is 0.248. The Morgan fingerprint density at radius 3 is 2.62 bits per heavy atom. The van der Waals surface area contributed by atoms with E-state index < -0.39 is 15.5 Å². The van der Waals surface area contributed by atoms with E-state index in [1.165, 1.54) is 5.57 Å². The maximum Gasteiger partial charge on any atom is 0.510 e. The van der Waals surface area contributed by atoms with Crippen LogP contribution in [0.15, 0.2) is 11.1 Å². The Hall–Kier alpha value is -0.160. The highest BCUT2D eigenvalue weighted by Crippen LogP contribution is 2.61. The van der Waals surface area contributed by atoms with Crippen molar-refractivity contribution in [2.24, 2.45) is 23.2 Å². The molecule has 4 nitrogen and oxygen atoms in total. The van der Waals surface area contributed by atoms with Crippen LogP contribution >= 0.6 is 46.4 Å². The van der Waals surface area contributed by atoms with Crippen LogP contribution < -0.4 is 0 Å². The van der Waals surface area contributed by atoms with E-state index in [-0.39, 0.29) is 11.5 Å². The van der Waals surface area contributed by atoms with Gasteiger partial charge < -0.3 is 9.47 Å². The van der Waals surface area contributed by atoms with Gasteiger partial charge in [0, 0.05) is 18.3 Å². The van der Waals surface area contributed by atoms with Gasteiger partial charge in [-0.05, 0) is 62.7 Å². The first-order valence-corrected chi connectivity index (χ1v) is 12.0. The smallest absolute Gasteiger partial charge is 0.430 e. The van der Waals surface area contributed by atoms with Gasteiger partial charge in [0.15, 0.2) is 0 Å². The first-order valence-electron chi connectivity index (χ1n) is 10.4. The van der Waals surface area contributed by atoms with Crippen LogP contribution in [-0.2, 0) is 14.3 Å². The van der Waals surface area contributed by atoms with Crippen LogP contribution in [-0.4, -0.2) is 27.4 Å². The summed E-state index contributed by atoms with van der Waals surface area (Å²) >= 11 is 22.8. The van der Waals surface area contributed by atoms with Crippen molar-refractivity contribution in [1.29, 1.82) is 0 Å². The Kier molecular flexibility index (Phi) is 6.14. The third-order valence-corrected chi connectivity index (χ3v) is 9.16. The average molecular weight is 484 g/mol. The molecule has 0 radical (unpaired) electrons. The molecule has 4 aliphatic carbocycles. The lowest BCUT2D eigenvalue weighted by Gasteiger charge is -2.51. The molecule has 2 fully saturated rings. The molecule has 0 aromatic rings. The van der Waals surface area contributed by atoms with Gasteiger partial charge in [0.2, 0.25) is 9.36 Å². The molecule has 4 rings (SSSR count). The minimum Gasteiger partial charge on any atom is -0.430 e. The number of ether oxygens (including phenoxy) is 2. The molecule has 0 bridgehead atoms. The summed E-state index contributed by atoms with van der Waals surface area (Å²) in [7, 11) is 0. The summed E-state index contributed by atoms with van der Waals surface area (Å²) in [5, 5.41) is 0. The van der Waals surface area contributed by atoms with Crippen molar-refractivity contribution in [2.75, 3.05) is 0 Å². The number of fused-ring (bicyclic) bond motifs is 4. The number of rotatable bonds is 2. The fraction of sp³-hybridized carbons (Fsp3) is 0.810. The summed E-state index contributed by atoms with van der Waals surface area (Å²) in [4.78, 5) is 24.1. The minimum absolute atomic E-state index is 0.0788. The van der Waals surface area contributed by atoms with Crippen molar-refractivity contribution >= 4 is 58.3 Å². The van der Waals surface area contributed by atoms with E-state index in [1.54, 1.807) is 5.57 Å². The van der Waals surface area contributed by atoms with Gasteiger partial charge in [-0.25, -0.2) is 4.79 Å². The SMILES string of the molecule is C[C@@]12CCC3C4=C(CCC3C1CC[C@@H]2OC(=O)OC(Cl)C(Cl)(Cl)Cl)CC(=O)CC4. The minimum atomic E-state index is -1.91. The molecule has 0 heterocycles. The van der Waals surface area contributed by atoms with Crippen LogP contribution in [0.5, 0.6) is 0 Å². The van der Waals surface area contributed by atoms with E-state index in [9.17, 15) is 9.59 Å². The number of hydrogen-bond donors (Lipinski definition) is 0. The average Bonchev–Trinajstić information content (AvgIpc) is 2.96.